The Morgan fingerprint density at radius 2 is 0.848 bits per heavy atom. The first-order valence-electron chi connectivity index (χ1n) is 20.0. The third kappa shape index (κ3) is 36.6. The summed E-state index contributed by atoms with van der Waals surface area (Å²) >= 11 is 0. The molecule has 0 fully saturated rings. The van der Waals surface area contributed by atoms with Crippen LogP contribution in [-0.4, -0.2) is 23.1 Å². The van der Waals surface area contributed by atoms with Crippen LogP contribution in [0.3, 0.4) is 0 Å². The standard InChI is InChI=1S/C42H76O4/c1-3-5-7-8-9-10-11-12-13-14-15-16-17-18-19-20-21-25-28-31-35-39-42(45)46-40(36-32-6-4-2)37-33-29-26-23-22-24-27-30-34-38-41(43)44/h9-10,12-13,18-19,40H,3-8,11,14-17,20-39H2,1-2H3,(H,43,44)/b10-9-,13-12-,19-18-. The number of carboxylic acids is 1. The lowest BCUT2D eigenvalue weighted by Crippen LogP contribution is -2.18. The SMILES string of the molecule is CCCCC/C=C\C/C=C\CCCC/C=C\CCCCCCCC(=O)OC(CCCCC)CCCCCCCCCCCC(=O)O. The van der Waals surface area contributed by atoms with Gasteiger partial charge in [0.05, 0.1) is 0 Å². The Kier molecular flexibility index (Phi) is 36.1. The summed E-state index contributed by atoms with van der Waals surface area (Å²) in [5.41, 5.74) is 0. The molecule has 0 spiro atoms. The van der Waals surface area contributed by atoms with Crippen LogP contribution in [0.15, 0.2) is 36.5 Å². The van der Waals surface area contributed by atoms with Crippen LogP contribution in [0.4, 0.5) is 0 Å². The van der Waals surface area contributed by atoms with Gasteiger partial charge in [0.1, 0.15) is 6.10 Å². The van der Waals surface area contributed by atoms with Crippen molar-refractivity contribution < 1.29 is 19.4 Å². The first-order valence-corrected chi connectivity index (χ1v) is 20.0. The fourth-order valence-corrected chi connectivity index (χ4v) is 5.86. The highest BCUT2D eigenvalue weighted by Gasteiger charge is 2.14. The summed E-state index contributed by atoms with van der Waals surface area (Å²) in [5, 5.41) is 8.70. The highest BCUT2D eigenvalue weighted by Crippen LogP contribution is 2.18. The summed E-state index contributed by atoms with van der Waals surface area (Å²) in [6.07, 6.45) is 49.1. The minimum Gasteiger partial charge on any atom is -0.481 e. The predicted molar refractivity (Wildman–Crippen MR) is 199 cm³/mol. The molecule has 0 saturated heterocycles. The van der Waals surface area contributed by atoms with E-state index in [9.17, 15) is 9.59 Å². The van der Waals surface area contributed by atoms with Crippen molar-refractivity contribution in [3.05, 3.63) is 36.5 Å². The Morgan fingerprint density at radius 3 is 1.37 bits per heavy atom. The van der Waals surface area contributed by atoms with Crippen molar-refractivity contribution >= 4 is 11.9 Å². The lowest BCUT2D eigenvalue weighted by molar-refractivity contribution is -0.150. The van der Waals surface area contributed by atoms with Crippen LogP contribution in [0.25, 0.3) is 0 Å². The van der Waals surface area contributed by atoms with Crippen molar-refractivity contribution in [2.75, 3.05) is 0 Å². The Bertz CT molecular complexity index is 738. The van der Waals surface area contributed by atoms with Crippen LogP contribution >= 0.6 is 0 Å². The summed E-state index contributed by atoms with van der Waals surface area (Å²) in [7, 11) is 0. The second kappa shape index (κ2) is 37.6. The van der Waals surface area contributed by atoms with Gasteiger partial charge in [0.2, 0.25) is 0 Å². The molecule has 0 aliphatic heterocycles. The van der Waals surface area contributed by atoms with Gasteiger partial charge < -0.3 is 9.84 Å². The molecule has 0 rings (SSSR count). The number of unbranched alkanes of at least 4 members (excludes halogenated alkanes) is 21. The van der Waals surface area contributed by atoms with Crippen LogP contribution < -0.4 is 0 Å². The van der Waals surface area contributed by atoms with Gasteiger partial charge in [-0.1, -0.05) is 140 Å². The number of carboxylic acid groups (broad SMARTS) is 1. The number of ether oxygens (including phenoxy) is 1. The lowest BCUT2D eigenvalue weighted by atomic mass is 10.0. The number of esters is 1. The van der Waals surface area contributed by atoms with E-state index in [1.807, 2.05) is 0 Å². The normalized spacial score (nSPS) is 12.6. The Labute approximate surface area is 286 Å². The molecule has 0 amide bonds. The van der Waals surface area contributed by atoms with E-state index in [-0.39, 0.29) is 12.1 Å². The zero-order valence-corrected chi connectivity index (χ0v) is 30.6. The van der Waals surface area contributed by atoms with Crippen molar-refractivity contribution in [2.45, 2.75) is 219 Å². The van der Waals surface area contributed by atoms with Crippen LogP contribution in [0.2, 0.25) is 0 Å². The summed E-state index contributed by atoms with van der Waals surface area (Å²) in [6.45, 7) is 4.48. The maximum atomic E-state index is 12.5. The van der Waals surface area contributed by atoms with Gasteiger partial charge in [-0.3, -0.25) is 9.59 Å². The van der Waals surface area contributed by atoms with Crippen molar-refractivity contribution in [2.24, 2.45) is 0 Å². The summed E-state index contributed by atoms with van der Waals surface area (Å²) in [4.78, 5) is 23.1. The molecule has 46 heavy (non-hydrogen) atoms. The Morgan fingerprint density at radius 1 is 0.478 bits per heavy atom. The van der Waals surface area contributed by atoms with Gasteiger partial charge in [-0.05, 0) is 96.3 Å². The van der Waals surface area contributed by atoms with Gasteiger partial charge in [0.15, 0.2) is 0 Å². The molecule has 0 aromatic heterocycles. The quantitative estimate of drug-likeness (QED) is 0.0419. The minimum absolute atomic E-state index is 0.0115. The third-order valence-corrected chi connectivity index (χ3v) is 8.83. The minimum atomic E-state index is -0.680. The van der Waals surface area contributed by atoms with Crippen LogP contribution in [0, 0.1) is 0 Å². The molecule has 0 heterocycles. The van der Waals surface area contributed by atoms with Gasteiger partial charge in [0.25, 0.3) is 0 Å². The second-order valence-electron chi connectivity index (χ2n) is 13.5. The molecule has 4 nitrogen and oxygen atoms in total. The fraction of sp³-hybridized carbons (Fsp3) is 0.810. The molecule has 0 aromatic carbocycles. The van der Waals surface area contributed by atoms with Gasteiger partial charge >= 0.3 is 11.9 Å². The predicted octanol–water partition coefficient (Wildman–Crippen LogP) is 13.8. The summed E-state index contributed by atoms with van der Waals surface area (Å²) in [6, 6.07) is 0. The van der Waals surface area contributed by atoms with Crippen molar-refractivity contribution in [3.63, 3.8) is 0 Å². The molecule has 1 N–H and O–H groups in total. The zero-order valence-electron chi connectivity index (χ0n) is 30.6. The van der Waals surface area contributed by atoms with E-state index < -0.39 is 5.97 Å². The van der Waals surface area contributed by atoms with Crippen LogP contribution in [0.1, 0.15) is 213 Å². The molecule has 0 aliphatic carbocycles. The molecule has 4 heteroatoms. The number of carbonyl (C=O) groups is 2. The van der Waals surface area contributed by atoms with E-state index in [0.29, 0.717) is 12.8 Å². The first kappa shape index (κ1) is 44.2. The molecule has 0 saturated carbocycles. The Hall–Kier alpha value is -1.84. The average molecular weight is 645 g/mol. The van der Waals surface area contributed by atoms with Crippen LogP contribution in [-0.2, 0) is 14.3 Å². The highest BCUT2D eigenvalue weighted by atomic mass is 16.5. The van der Waals surface area contributed by atoms with Gasteiger partial charge in [-0.15, -0.1) is 0 Å². The number of rotatable bonds is 36. The molecule has 0 bridgehead atoms. The smallest absolute Gasteiger partial charge is 0.306 e. The topological polar surface area (TPSA) is 63.6 Å². The molecule has 1 unspecified atom stereocenters. The molecule has 0 radical (unpaired) electrons. The van der Waals surface area contributed by atoms with E-state index in [2.05, 4.69) is 50.3 Å². The van der Waals surface area contributed by atoms with Crippen molar-refractivity contribution in [3.8, 4) is 0 Å². The van der Waals surface area contributed by atoms with E-state index in [1.54, 1.807) is 0 Å². The second-order valence-corrected chi connectivity index (χ2v) is 13.5. The molecular weight excluding hydrogens is 568 g/mol. The molecule has 1 atom stereocenters. The van der Waals surface area contributed by atoms with E-state index in [0.717, 1.165) is 64.2 Å². The molecule has 0 aromatic rings. The summed E-state index contributed by atoms with van der Waals surface area (Å²) < 4.78 is 5.94. The van der Waals surface area contributed by atoms with E-state index >= 15 is 0 Å². The highest BCUT2D eigenvalue weighted by molar-refractivity contribution is 5.69. The van der Waals surface area contributed by atoms with E-state index in [1.165, 1.54) is 122 Å². The average Bonchev–Trinajstić information content (AvgIpc) is 3.04. The van der Waals surface area contributed by atoms with Crippen molar-refractivity contribution in [1.82, 2.24) is 0 Å². The molecule has 268 valence electrons. The largest absolute Gasteiger partial charge is 0.481 e. The zero-order chi connectivity index (χ0) is 33.6. The number of carbonyl (C=O) groups excluding carboxylic acids is 1. The van der Waals surface area contributed by atoms with Gasteiger partial charge in [-0.25, -0.2) is 0 Å². The van der Waals surface area contributed by atoms with Crippen LogP contribution in [0.5, 0.6) is 0 Å². The van der Waals surface area contributed by atoms with Gasteiger partial charge in [0, 0.05) is 12.8 Å². The molecule has 0 aliphatic rings. The first-order chi connectivity index (χ1) is 22.6. The fourth-order valence-electron chi connectivity index (χ4n) is 5.86. The number of hydrogen-bond donors (Lipinski definition) is 1. The maximum absolute atomic E-state index is 12.5. The summed E-state index contributed by atoms with van der Waals surface area (Å²) in [5.74, 6) is -0.669. The number of hydrogen-bond acceptors (Lipinski definition) is 3. The van der Waals surface area contributed by atoms with Crippen molar-refractivity contribution in [1.29, 1.82) is 0 Å². The monoisotopic (exact) mass is 645 g/mol. The van der Waals surface area contributed by atoms with Gasteiger partial charge in [-0.2, -0.15) is 0 Å². The number of aliphatic carboxylic acids is 1. The molecular formula is C42H76O4. The third-order valence-electron chi connectivity index (χ3n) is 8.83. The number of allylic oxidation sites excluding steroid dienone is 6. The Balaban J connectivity index is 3.73. The van der Waals surface area contributed by atoms with E-state index in [4.69, 9.17) is 9.84 Å². The lowest BCUT2D eigenvalue weighted by Gasteiger charge is -2.18. The maximum Gasteiger partial charge on any atom is 0.306 e.